The van der Waals surface area contributed by atoms with Crippen molar-refractivity contribution in [3.8, 4) is 0 Å². The quantitative estimate of drug-likeness (QED) is 0.922. The standard InChI is InChI=1S/C17H25N5/c1-14(2)21-9-7-16(8-10-21)20-17-6-4-3-5-15(17)11-22-13-18-12-19-22/h3-6,12-14,16,20H,7-11H2,1-2H3. The van der Waals surface area contributed by atoms with E-state index in [1.165, 1.54) is 37.2 Å². The molecule has 0 radical (unpaired) electrons. The summed E-state index contributed by atoms with van der Waals surface area (Å²) in [6.07, 6.45) is 5.75. The number of likely N-dealkylation sites (tertiary alicyclic amines) is 1. The average molecular weight is 299 g/mol. The van der Waals surface area contributed by atoms with Gasteiger partial charge >= 0.3 is 0 Å². The van der Waals surface area contributed by atoms with Crippen LogP contribution in [0.2, 0.25) is 0 Å². The molecule has 1 saturated heterocycles. The molecule has 1 fully saturated rings. The van der Waals surface area contributed by atoms with Crippen molar-refractivity contribution in [1.29, 1.82) is 0 Å². The fourth-order valence-corrected chi connectivity index (χ4v) is 3.07. The van der Waals surface area contributed by atoms with Gasteiger partial charge < -0.3 is 10.2 Å². The number of hydrogen-bond donors (Lipinski definition) is 1. The third-order valence-corrected chi connectivity index (χ3v) is 4.44. The number of anilines is 1. The monoisotopic (exact) mass is 299 g/mol. The van der Waals surface area contributed by atoms with Gasteiger partial charge in [0.1, 0.15) is 12.7 Å². The van der Waals surface area contributed by atoms with Crippen LogP contribution in [-0.2, 0) is 6.54 Å². The van der Waals surface area contributed by atoms with Gasteiger partial charge in [-0.2, -0.15) is 5.10 Å². The summed E-state index contributed by atoms with van der Waals surface area (Å²) in [6, 6.07) is 9.72. The minimum Gasteiger partial charge on any atom is -0.382 e. The van der Waals surface area contributed by atoms with Crippen LogP contribution in [0.5, 0.6) is 0 Å². The van der Waals surface area contributed by atoms with Crippen LogP contribution in [0.4, 0.5) is 5.69 Å². The lowest BCUT2D eigenvalue weighted by molar-refractivity contribution is 0.177. The third kappa shape index (κ3) is 3.65. The average Bonchev–Trinajstić information content (AvgIpc) is 3.03. The zero-order valence-electron chi connectivity index (χ0n) is 13.4. The van der Waals surface area contributed by atoms with Gasteiger partial charge in [0.05, 0.1) is 6.54 Å². The molecule has 1 aliphatic heterocycles. The maximum atomic E-state index is 4.20. The second-order valence-corrected chi connectivity index (χ2v) is 6.30. The van der Waals surface area contributed by atoms with Crippen molar-refractivity contribution in [1.82, 2.24) is 19.7 Å². The SMILES string of the molecule is CC(C)N1CCC(Nc2ccccc2Cn2cncn2)CC1. The Kier molecular flexibility index (Phi) is 4.73. The molecule has 2 aromatic rings. The molecule has 0 unspecified atom stereocenters. The lowest BCUT2D eigenvalue weighted by atomic mass is 10.0. The molecule has 3 rings (SSSR count). The Balaban J connectivity index is 1.63. The highest BCUT2D eigenvalue weighted by atomic mass is 15.3. The van der Waals surface area contributed by atoms with Gasteiger partial charge in [-0.15, -0.1) is 0 Å². The summed E-state index contributed by atoms with van der Waals surface area (Å²) in [4.78, 5) is 6.57. The Morgan fingerprint density at radius 1 is 1.23 bits per heavy atom. The maximum absolute atomic E-state index is 4.20. The van der Waals surface area contributed by atoms with Gasteiger partial charge in [-0.25, -0.2) is 9.67 Å². The molecule has 1 aromatic heterocycles. The summed E-state index contributed by atoms with van der Waals surface area (Å²) < 4.78 is 1.86. The number of hydrogen-bond acceptors (Lipinski definition) is 4. The minimum absolute atomic E-state index is 0.562. The van der Waals surface area contributed by atoms with Crippen molar-refractivity contribution in [3.05, 3.63) is 42.5 Å². The molecule has 0 spiro atoms. The molecule has 0 bridgehead atoms. The molecule has 1 aliphatic rings. The van der Waals surface area contributed by atoms with Crippen molar-refractivity contribution < 1.29 is 0 Å². The van der Waals surface area contributed by atoms with Gasteiger partial charge in [0.25, 0.3) is 0 Å². The first-order valence-corrected chi connectivity index (χ1v) is 8.13. The van der Waals surface area contributed by atoms with E-state index in [1.807, 2.05) is 4.68 Å². The van der Waals surface area contributed by atoms with Gasteiger partial charge in [0, 0.05) is 30.9 Å². The van der Waals surface area contributed by atoms with E-state index < -0.39 is 0 Å². The maximum Gasteiger partial charge on any atom is 0.137 e. The van der Waals surface area contributed by atoms with E-state index in [0.717, 1.165) is 6.54 Å². The van der Waals surface area contributed by atoms with E-state index in [1.54, 1.807) is 12.7 Å². The molecule has 5 nitrogen and oxygen atoms in total. The fraction of sp³-hybridized carbons (Fsp3) is 0.529. The number of aromatic nitrogens is 3. The molecule has 118 valence electrons. The Morgan fingerprint density at radius 2 is 2.00 bits per heavy atom. The first-order valence-electron chi connectivity index (χ1n) is 8.13. The predicted molar refractivity (Wildman–Crippen MR) is 88.9 cm³/mol. The van der Waals surface area contributed by atoms with Gasteiger partial charge in [0.2, 0.25) is 0 Å². The first kappa shape index (κ1) is 15.0. The number of rotatable bonds is 5. The lowest BCUT2D eigenvalue weighted by Crippen LogP contribution is -2.42. The Bertz CT molecular complexity index is 570. The predicted octanol–water partition coefficient (Wildman–Crippen LogP) is 2.61. The highest BCUT2D eigenvalue weighted by Gasteiger charge is 2.21. The molecule has 1 aromatic carbocycles. The van der Waals surface area contributed by atoms with Crippen LogP contribution in [0, 0.1) is 0 Å². The second kappa shape index (κ2) is 6.92. The minimum atomic E-state index is 0.562. The van der Waals surface area contributed by atoms with Crippen LogP contribution in [-0.4, -0.2) is 44.8 Å². The molecule has 0 aliphatic carbocycles. The summed E-state index contributed by atoms with van der Waals surface area (Å²) >= 11 is 0. The molecule has 5 heteroatoms. The van der Waals surface area contributed by atoms with E-state index in [9.17, 15) is 0 Å². The Morgan fingerprint density at radius 3 is 2.68 bits per heavy atom. The number of nitrogens with zero attached hydrogens (tertiary/aromatic N) is 4. The van der Waals surface area contributed by atoms with E-state index in [4.69, 9.17) is 0 Å². The van der Waals surface area contributed by atoms with Crippen LogP contribution in [0.1, 0.15) is 32.3 Å². The molecular formula is C17H25N5. The van der Waals surface area contributed by atoms with Crippen molar-refractivity contribution in [2.24, 2.45) is 0 Å². The number of benzene rings is 1. The van der Waals surface area contributed by atoms with Crippen LogP contribution in [0.15, 0.2) is 36.9 Å². The number of para-hydroxylation sites is 1. The van der Waals surface area contributed by atoms with E-state index in [0.29, 0.717) is 12.1 Å². The van der Waals surface area contributed by atoms with Crippen molar-refractivity contribution >= 4 is 5.69 Å². The van der Waals surface area contributed by atoms with Crippen LogP contribution in [0.25, 0.3) is 0 Å². The zero-order chi connectivity index (χ0) is 15.4. The molecular weight excluding hydrogens is 274 g/mol. The van der Waals surface area contributed by atoms with Gasteiger partial charge in [-0.05, 0) is 38.3 Å². The van der Waals surface area contributed by atoms with Gasteiger partial charge in [-0.3, -0.25) is 0 Å². The topological polar surface area (TPSA) is 46.0 Å². The second-order valence-electron chi connectivity index (χ2n) is 6.30. The van der Waals surface area contributed by atoms with Crippen molar-refractivity contribution in [2.75, 3.05) is 18.4 Å². The van der Waals surface area contributed by atoms with Crippen molar-refractivity contribution in [3.63, 3.8) is 0 Å². The first-order chi connectivity index (χ1) is 10.7. The van der Waals surface area contributed by atoms with Crippen LogP contribution in [0.3, 0.4) is 0 Å². The van der Waals surface area contributed by atoms with E-state index in [2.05, 4.69) is 58.4 Å². The molecule has 1 N–H and O–H groups in total. The van der Waals surface area contributed by atoms with Gasteiger partial charge in [0.15, 0.2) is 0 Å². The fourth-order valence-electron chi connectivity index (χ4n) is 3.07. The highest BCUT2D eigenvalue weighted by Crippen LogP contribution is 2.21. The molecule has 22 heavy (non-hydrogen) atoms. The smallest absolute Gasteiger partial charge is 0.137 e. The van der Waals surface area contributed by atoms with Crippen LogP contribution >= 0.6 is 0 Å². The molecule has 0 amide bonds. The summed E-state index contributed by atoms with van der Waals surface area (Å²) in [7, 11) is 0. The summed E-state index contributed by atoms with van der Waals surface area (Å²) in [5.74, 6) is 0. The van der Waals surface area contributed by atoms with Crippen molar-refractivity contribution in [2.45, 2.75) is 45.3 Å². The number of piperidine rings is 1. The number of nitrogens with one attached hydrogen (secondary N) is 1. The summed E-state index contributed by atoms with van der Waals surface area (Å²) in [5.41, 5.74) is 2.49. The van der Waals surface area contributed by atoms with Crippen LogP contribution < -0.4 is 5.32 Å². The highest BCUT2D eigenvalue weighted by molar-refractivity contribution is 5.51. The third-order valence-electron chi connectivity index (χ3n) is 4.44. The molecule has 0 saturated carbocycles. The zero-order valence-corrected chi connectivity index (χ0v) is 13.4. The molecule has 2 heterocycles. The normalized spacial score (nSPS) is 17.0. The Hall–Kier alpha value is -1.88. The largest absolute Gasteiger partial charge is 0.382 e. The summed E-state index contributed by atoms with van der Waals surface area (Å²) in [6.45, 7) is 7.68. The lowest BCUT2D eigenvalue weighted by Gasteiger charge is -2.35. The molecule has 0 atom stereocenters. The van der Waals surface area contributed by atoms with E-state index in [-0.39, 0.29) is 0 Å². The summed E-state index contributed by atoms with van der Waals surface area (Å²) in [5, 5.41) is 7.93. The van der Waals surface area contributed by atoms with E-state index >= 15 is 0 Å². The van der Waals surface area contributed by atoms with Gasteiger partial charge in [-0.1, -0.05) is 18.2 Å². The Labute approximate surface area is 132 Å².